The number of Topliss-reactive ketones (excluding diaryl/α,β-unsaturated/α-hetero) is 1. The lowest BCUT2D eigenvalue weighted by Gasteiger charge is -2.04. The molecule has 0 aromatic heterocycles. The summed E-state index contributed by atoms with van der Waals surface area (Å²) in [6, 6.07) is 0. The largest absolute Gasteiger partial charge is 0.379 e. The van der Waals surface area contributed by atoms with Gasteiger partial charge in [-0.3, -0.25) is 4.79 Å². The zero-order valence-corrected chi connectivity index (χ0v) is 11.1. The highest BCUT2D eigenvalue weighted by atomic mass is 16.5. The smallest absolute Gasteiger partial charge is 0.231 e. The number of unbranched alkanes of at least 4 members (excludes halogenated alkanes) is 4. The van der Waals surface area contributed by atoms with Crippen LogP contribution in [0.5, 0.6) is 0 Å². The maximum Gasteiger partial charge on any atom is 0.231 e. The van der Waals surface area contributed by atoms with Crippen LogP contribution in [0.3, 0.4) is 0 Å². The molecule has 0 saturated heterocycles. The van der Waals surface area contributed by atoms with Gasteiger partial charge >= 0.3 is 0 Å². The highest BCUT2D eigenvalue weighted by Gasteiger charge is 1.96. The molecule has 0 unspecified atom stereocenters. The number of ether oxygens (including phenoxy) is 2. The Morgan fingerprint density at radius 1 is 1.00 bits per heavy atom. The molecule has 0 atom stereocenters. The van der Waals surface area contributed by atoms with E-state index in [1.807, 2.05) is 0 Å². The molecule has 0 aliphatic carbocycles. The van der Waals surface area contributed by atoms with Crippen molar-refractivity contribution in [3.63, 3.8) is 0 Å². The first kappa shape index (κ1) is 16.1. The number of carbonyl (C=O) groups excluding carboxylic acids is 1. The van der Waals surface area contributed by atoms with Crippen LogP contribution in [0.2, 0.25) is 0 Å². The van der Waals surface area contributed by atoms with Gasteiger partial charge in [-0.1, -0.05) is 38.5 Å². The molecule has 0 heterocycles. The van der Waals surface area contributed by atoms with Crippen LogP contribution < -0.4 is 0 Å². The SMILES string of the molecule is CC#CC(=O)COCCOCCCCCCC. The highest BCUT2D eigenvalue weighted by molar-refractivity contribution is 5.96. The Kier molecular flexibility index (Phi) is 12.6. The summed E-state index contributed by atoms with van der Waals surface area (Å²) >= 11 is 0. The molecular weight excluding hydrogens is 216 g/mol. The van der Waals surface area contributed by atoms with Crippen molar-refractivity contribution in [3.8, 4) is 11.8 Å². The Labute approximate surface area is 105 Å². The van der Waals surface area contributed by atoms with Gasteiger partial charge < -0.3 is 9.47 Å². The van der Waals surface area contributed by atoms with Crippen LogP contribution in [0.25, 0.3) is 0 Å². The monoisotopic (exact) mass is 240 g/mol. The van der Waals surface area contributed by atoms with Gasteiger partial charge in [0.2, 0.25) is 5.78 Å². The quantitative estimate of drug-likeness (QED) is 0.316. The van der Waals surface area contributed by atoms with Crippen LogP contribution in [-0.2, 0) is 14.3 Å². The second-order valence-electron chi connectivity index (χ2n) is 3.88. The first-order valence-electron chi connectivity index (χ1n) is 6.42. The fraction of sp³-hybridized carbons (Fsp3) is 0.786. The van der Waals surface area contributed by atoms with Crippen LogP contribution in [0.15, 0.2) is 0 Å². The van der Waals surface area contributed by atoms with Crippen molar-refractivity contribution in [2.45, 2.75) is 46.0 Å². The minimum absolute atomic E-state index is 0.0701. The van der Waals surface area contributed by atoms with Crippen molar-refractivity contribution in [3.05, 3.63) is 0 Å². The Bertz CT molecular complexity index is 238. The maximum atomic E-state index is 10.9. The molecule has 0 aromatic carbocycles. The van der Waals surface area contributed by atoms with E-state index in [1.165, 1.54) is 25.7 Å². The average Bonchev–Trinajstić information content (AvgIpc) is 2.32. The molecule has 17 heavy (non-hydrogen) atoms. The van der Waals surface area contributed by atoms with Crippen LogP contribution in [0, 0.1) is 11.8 Å². The highest BCUT2D eigenvalue weighted by Crippen LogP contribution is 2.02. The Hall–Kier alpha value is -0.850. The lowest BCUT2D eigenvalue weighted by molar-refractivity contribution is -0.118. The lowest BCUT2D eigenvalue weighted by atomic mass is 10.2. The number of ketones is 1. The van der Waals surface area contributed by atoms with E-state index in [1.54, 1.807) is 6.92 Å². The Morgan fingerprint density at radius 3 is 2.41 bits per heavy atom. The third-order valence-corrected chi connectivity index (χ3v) is 2.26. The summed E-state index contributed by atoms with van der Waals surface area (Å²) < 4.78 is 10.5. The van der Waals surface area contributed by atoms with Gasteiger partial charge in [-0.25, -0.2) is 0 Å². The van der Waals surface area contributed by atoms with Crippen molar-refractivity contribution in [2.75, 3.05) is 26.4 Å². The van der Waals surface area contributed by atoms with E-state index in [4.69, 9.17) is 9.47 Å². The zero-order chi connectivity index (χ0) is 12.8. The summed E-state index contributed by atoms with van der Waals surface area (Å²) in [6.45, 7) is 5.72. The molecule has 0 rings (SSSR count). The second-order valence-corrected chi connectivity index (χ2v) is 3.88. The number of carbonyl (C=O) groups is 1. The third kappa shape index (κ3) is 13.1. The Morgan fingerprint density at radius 2 is 1.71 bits per heavy atom. The fourth-order valence-electron chi connectivity index (χ4n) is 1.37. The molecule has 98 valence electrons. The normalized spacial score (nSPS) is 9.76. The van der Waals surface area contributed by atoms with Crippen molar-refractivity contribution >= 4 is 5.78 Å². The van der Waals surface area contributed by atoms with E-state index < -0.39 is 0 Å². The molecule has 0 aliphatic rings. The molecule has 0 aliphatic heterocycles. The predicted octanol–water partition coefficient (Wildman–Crippen LogP) is 2.58. The van der Waals surface area contributed by atoms with Crippen LogP contribution in [-0.4, -0.2) is 32.2 Å². The molecular formula is C14H24O3. The van der Waals surface area contributed by atoms with Gasteiger partial charge in [0, 0.05) is 6.61 Å². The molecule has 0 fully saturated rings. The molecule has 0 radical (unpaired) electrons. The van der Waals surface area contributed by atoms with Crippen molar-refractivity contribution in [2.24, 2.45) is 0 Å². The van der Waals surface area contributed by atoms with Crippen LogP contribution in [0.4, 0.5) is 0 Å². The van der Waals surface area contributed by atoms with E-state index in [9.17, 15) is 4.79 Å². The molecule has 0 saturated carbocycles. The molecule has 0 amide bonds. The molecule has 0 bridgehead atoms. The first-order chi connectivity index (χ1) is 8.31. The topological polar surface area (TPSA) is 35.5 Å². The van der Waals surface area contributed by atoms with Gasteiger partial charge in [-0.05, 0) is 19.3 Å². The van der Waals surface area contributed by atoms with E-state index in [0.717, 1.165) is 13.0 Å². The maximum absolute atomic E-state index is 10.9. The van der Waals surface area contributed by atoms with Gasteiger partial charge in [0.05, 0.1) is 13.2 Å². The second kappa shape index (κ2) is 13.2. The van der Waals surface area contributed by atoms with Gasteiger partial charge in [-0.15, -0.1) is 0 Å². The van der Waals surface area contributed by atoms with Gasteiger partial charge in [0.1, 0.15) is 6.61 Å². The zero-order valence-electron chi connectivity index (χ0n) is 11.1. The summed E-state index contributed by atoms with van der Waals surface area (Å²) in [4.78, 5) is 10.9. The fourth-order valence-corrected chi connectivity index (χ4v) is 1.37. The van der Waals surface area contributed by atoms with Crippen LogP contribution >= 0.6 is 0 Å². The lowest BCUT2D eigenvalue weighted by Crippen LogP contribution is -2.11. The number of rotatable bonds is 11. The average molecular weight is 240 g/mol. The molecule has 0 spiro atoms. The van der Waals surface area contributed by atoms with Gasteiger partial charge in [0.15, 0.2) is 0 Å². The van der Waals surface area contributed by atoms with E-state index >= 15 is 0 Å². The van der Waals surface area contributed by atoms with Crippen molar-refractivity contribution in [1.82, 2.24) is 0 Å². The molecule has 0 N–H and O–H groups in total. The summed E-state index contributed by atoms with van der Waals surface area (Å²) in [5, 5.41) is 0. The van der Waals surface area contributed by atoms with E-state index in [2.05, 4.69) is 18.8 Å². The summed E-state index contributed by atoms with van der Waals surface area (Å²) in [6.07, 6.45) is 6.22. The Balaban J connectivity index is 3.07. The number of hydrogen-bond donors (Lipinski definition) is 0. The van der Waals surface area contributed by atoms with Crippen molar-refractivity contribution < 1.29 is 14.3 Å². The molecule has 3 nitrogen and oxygen atoms in total. The van der Waals surface area contributed by atoms with E-state index in [-0.39, 0.29) is 12.4 Å². The third-order valence-electron chi connectivity index (χ3n) is 2.26. The standard InChI is InChI=1S/C14H24O3/c1-3-5-6-7-8-10-16-11-12-17-13-14(15)9-4-2/h3,5-8,10-13H2,1-2H3. The molecule has 3 heteroatoms. The predicted molar refractivity (Wildman–Crippen MR) is 68.9 cm³/mol. The summed E-state index contributed by atoms with van der Waals surface area (Å²) in [5.74, 6) is 4.79. The van der Waals surface area contributed by atoms with Crippen molar-refractivity contribution in [1.29, 1.82) is 0 Å². The van der Waals surface area contributed by atoms with Gasteiger partial charge in [-0.2, -0.15) is 0 Å². The number of hydrogen-bond acceptors (Lipinski definition) is 3. The van der Waals surface area contributed by atoms with Gasteiger partial charge in [0.25, 0.3) is 0 Å². The summed E-state index contributed by atoms with van der Waals surface area (Å²) in [7, 11) is 0. The minimum Gasteiger partial charge on any atom is -0.379 e. The summed E-state index contributed by atoms with van der Waals surface area (Å²) in [5.41, 5.74) is 0. The molecule has 0 aromatic rings. The van der Waals surface area contributed by atoms with Crippen LogP contribution in [0.1, 0.15) is 46.0 Å². The first-order valence-corrected chi connectivity index (χ1v) is 6.42. The van der Waals surface area contributed by atoms with E-state index in [0.29, 0.717) is 13.2 Å². The minimum atomic E-state index is -0.174.